The minimum atomic E-state index is -0.311. The molecule has 0 saturated carbocycles. The van der Waals surface area contributed by atoms with Crippen molar-refractivity contribution in [3.05, 3.63) is 39.3 Å². The van der Waals surface area contributed by atoms with Crippen molar-refractivity contribution in [3.8, 4) is 0 Å². The van der Waals surface area contributed by atoms with Crippen molar-refractivity contribution >= 4 is 49.4 Å². The standard InChI is InChI=1S/C10H5Br2NO2/c11-7-2-1-6(5-8(7)12)13-9(14)3-4-10(13)15/h1-5H. The molecule has 1 aromatic carbocycles. The van der Waals surface area contributed by atoms with Crippen LogP contribution in [0.5, 0.6) is 0 Å². The van der Waals surface area contributed by atoms with Crippen LogP contribution in [0.15, 0.2) is 39.3 Å². The summed E-state index contributed by atoms with van der Waals surface area (Å²) in [6, 6.07) is 5.20. The Hall–Kier alpha value is -0.940. The number of carbonyl (C=O) groups is 2. The molecule has 1 aliphatic rings. The third-order valence-electron chi connectivity index (χ3n) is 1.97. The molecular weight excluding hydrogens is 326 g/mol. The van der Waals surface area contributed by atoms with E-state index in [1.54, 1.807) is 18.2 Å². The van der Waals surface area contributed by atoms with Crippen molar-refractivity contribution in [2.75, 3.05) is 4.90 Å². The van der Waals surface area contributed by atoms with Crippen LogP contribution in [0.1, 0.15) is 0 Å². The molecule has 1 heterocycles. The van der Waals surface area contributed by atoms with Crippen molar-refractivity contribution in [2.45, 2.75) is 0 Å². The third kappa shape index (κ3) is 1.89. The quantitative estimate of drug-likeness (QED) is 0.742. The molecule has 0 aliphatic carbocycles. The summed E-state index contributed by atoms with van der Waals surface area (Å²) in [6.45, 7) is 0. The first kappa shape index (κ1) is 10.6. The number of nitrogens with zero attached hydrogens (tertiary/aromatic N) is 1. The van der Waals surface area contributed by atoms with Gasteiger partial charge in [-0.15, -0.1) is 0 Å². The van der Waals surface area contributed by atoms with Gasteiger partial charge in [-0.1, -0.05) is 0 Å². The smallest absolute Gasteiger partial charge is 0.258 e. The molecule has 2 rings (SSSR count). The number of amides is 2. The number of halogens is 2. The molecule has 0 bridgehead atoms. The van der Waals surface area contributed by atoms with Crippen LogP contribution in [0.2, 0.25) is 0 Å². The normalized spacial score (nSPS) is 15.2. The maximum Gasteiger partial charge on any atom is 0.258 e. The predicted molar refractivity (Wildman–Crippen MR) is 63.5 cm³/mol. The molecule has 2 amide bonds. The number of carbonyl (C=O) groups excluding carboxylic acids is 2. The van der Waals surface area contributed by atoms with Gasteiger partial charge in [0.05, 0.1) is 5.69 Å². The maximum absolute atomic E-state index is 11.4. The molecule has 0 radical (unpaired) electrons. The second kappa shape index (κ2) is 3.90. The number of anilines is 1. The predicted octanol–water partition coefficient (Wildman–Crippen LogP) is 2.64. The SMILES string of the molecule is O=C1C=CC(=O)N1c1ccc(Br)c(Br)c1. The van der Waals surface area contributed by atoms with Gasteiger partial charge in [0.25, 0.3) is 11.8 Å². The van der Waals surface area contributed by atoms with E-state index in [0.717, 1.165) is 13.8 Å². The molecule has 0 atom stereocenters. The zero-order chi connectivity index (χ0) is 11.0. The van der Waals surface area contributed by atoms with E-state index >= 15 is 0 Å². The monoisotopic (exact) mass is 329 g/mol. The van der Waals surface area contributed by atoms with Gasteiger partial charge in [0.15, 0.2) is 0 Å². The minimum absolute atomic E-state index is 0.311. The summed E-state index contributed by atoms with van der Waals surface area (Å²) in [6.07, 6.45) is 2.52. The average Bonchev–Trinajstić information content (AvgIpc) is 2.52. The van der Waals surface area contributed by atoms with Gasteiger partial charge >= 0.3 is 0 Å². The van der Waals surface area contributed by atoms with Crippen molar-refractivity contribution in [1.29, 1.82) is 0 Å². The van der Waals surface area contributed by atoms with Crippen molar-refractivity contribution in [2.24, 2.45) is 0 Å². The Balaban J connectivity index is 2.42. The van der Waals surface area contributed by atoms with Gasteiger partial charge in [0.1, 0.15) is 0 Å². The third-order valence-corrected chi connectivity index (χ3v) is 3.85. The Kier molecular flexibility index (Phi) is 2.75. The highest BCUT2D eigenvalue weighted by molar-refractivity contribution is 9.13. The molecule has 0 spiro atoms. The molecular formula is C10H5Br2NO2. The first-order chi connectivity index (χ1) is 7.09. The topological polar surface area (TPSA) is 37.4 Å². The largest absolute Gasteiger partial charge is 0.269 e. The number of hydrogen-bond donors (Lipinski definition) is 0. The van der Waals surface area contributed by atoms with Gasteiger partial charge in [0, 0.05) is 21.1 Å². The van der Waals surface area contributed by atoms with Crippen LogP contribution in [-0.2, 0) is 9.59 Å². The van der Waals surface area contributed by atoms with Crippen LogP contribution < -0.4 is 4.90 Å². The molecule has 0 fully saturated rings. The van der Waals surface area contributed by atoms with Crippen LogP contribution in [0.3, 0.4) is 0 Å². The lowest BCUT2D eigenvalue weighted by Gasteiger charge is -2.14. The second-order valence-electron chi connectivity index (χ2n) is 2.94. The average molecular weight is 331 g/mol. The summed E-state index contributed by atoms with van der Waals surface area (Å²) in [5.41, 5.74) is 0.560. The van der Waals surface area contributed by atoms with Crippen molar-refractivity contribution in [1.82, 2.24) is 0 Å². The van der Waals surface area contributed by atoms with Gasteiger partial charge in [-0.05, 0) is 50.1 Å². The number of imide groups is 1. The van der Waals surface area contributed by atoms with E-state index in [-0.39, 0.29) is 11.8 Å². The van der Waals surface area contributed by atoms with Crippen LogP contribution in [0, 0.1) is 0 Å². The summed E-state index contributed by atoms with van der Waals surface area (Å²) in [4.78, 5) is 23.9. The first-order valence-electron chi connectivity index (χ1n) is 4.11. The summed E-state index contributed by atoms with van der Waals surface area (Å²) in [5, 5.41) is 0. The Bertz CT molecular complexity index is 464. The van der Waals surface area contributed by atoms with Gasteiger partial charge in [-0.2, -0.15) is 0 Å². The molecule has 0 unspecified atom stereocenters. The second-order valence-corrected chi connectivity index (χ2v) is 4.65. The highest BCUT2D eigenvalue weighted by atomic mass is 79.9. The molecule has 76 valence electrons. The lowest BCUT2D eigenvalue weighted by Crippen LogP contribution is -2.29. The molecule has 0 aromatic heterocycles. The van der Waals surface area contributed by atoms with E-state index in [0.29, 0.717) is 5.69 Å². The Morgan fingerprint density at radius 2 is 1.53 bits per heavy atom. The fourth-order valence-corrected chi connectivity index (χ4v) is 1.89. The molecule has 1 aromatic rings. The molecule has 1 aliphatic heterocycles. The fourth-order valence-electron chi connectivity index (χ4n) is 1.28. The highest BCUT2D eigenvalue weighted by Gasteiger charge is 2.25. The summed E-state index contributed by atoms with van der Waals surface area (Å²) >= 11 is 6.63. The maximum atomic E-state index is 11.4. The van der Waals surface area contributed by atoms with E-state index in [1.807, 2.05) is 0 Å². The fraction of sp³-hybridized carbons (Fsp3) is 0. The summed E-state index contributed by atoms with van der Waals surface area (Å²) in [7, 11) is 0. The molecule has 0 saturated heterocycles. The van der Waals surface area contributed by atoms with Gasteiger partial charge in [-0.3, -0.25) is 9.59 Å². The van der Waals surface area contributed by atoms with Gasteiger partial charge < -0.3 is 0 Å². The van der Waals surface area contributed by atoms with E-state index in [1.165, 1.54) is 12.2 Å². The van der Waals surface area contributed by atoms with Crippen LogP contribution in [0.25, 0.3) is 0 Å². The molecule has 3 nitrogen and oxygen atoms in total. The lowest BCUT2D eigenvalue weighted by molar-refractivity contribution is -0.119. The number of rotatable bonds is 1. The summed E-state index contributed by atoms with van der Waals surface area (Å²) < 4.78 is 1.67. The zero-order valence-electron chi connectivity index (χ0n) is 7.41. The van der Waals surface area contributed by atoms with Crippen LogP contribution in [0.4, 0.5) is 5.69 Å². The van der Waals surface area contributed by atoms with Gasteiger partial charge in [-0.25, -0.2) is 4.90 Å². The molecule has 5 heteroatoms. The van der Waals surface area contributed by atoms with Crippen LogP contribution >= 0.6 is 31.9 Å². The Labute approximate surface area is 103 Å². The van der Waals surface area contributed by atoms with E-state index in [4.69, 9.17) is 0 Å². The van der Waals surface area contributed by atoms with E-state index in [9.17, 15) is 9.59 Å². The van der Waals surface area contributed by atoms with Gasteiger partial charge in [0.2, 0.25) is 0 Å². The van der Waals surface area contributed by atoms with E-state index < -0.39 is 0 Å². The number of hydrogen-bond acceptors (Lipinski definition) is 2. The molecule has 15 heavy (non-hydrogen) atoms. The first-order valence-corrected chi connectivity index (χ1v) is 5.69. The van der Waals surface area contributed by atoms with Crippen molar-refractivity contribution in [3.63, 3.8) is 0 Å². The van der Waals surface area contributed by atoms with E-state index in [2.05, 4.69) is 31.9 Å². The highest BCUT2D eigenvalue weighted by Crippen LogP contribution is 2.29. The zero-order valence-corrected chi connectivity index (χ0v) is 10.6. The number of benzene rings is 1. The Morgan fingerprint density at radius 3 is 2.07 bits per heavy atom. The van der Waals surface area contributed by atoms with Crippen molar-refractivity contribution < 1.29 is 9.59 Å². The Morgan fingerprint density at radius 1 is 0.933 bits per heavy atom. The minimum Gasteiger partial charge on any atom is -0.269 e. The lowest BCUT2D eigenvalue weighted by atomic mass is 10.3. The van der Waals surface area contributed by atoms with Crippen LogP contribution in [-0.4, -0.2) is 11.8 Å². The molecule has 0 N–H and O–H groups in total. The summed E-state index contributed by atoms with van der Waals surface area (Å²) in [5.74, 6) is -0.622.